The smallest absolute Gasteiger partial charge is 0.327 e. The molecule has 1 N–H and O–H groups in total. The summed E-state index contributed by atoms with van der Waals surface area (Å²) >= 11 is 11.7. The highest BCUT2D eigenvalue weighted by molar-refractivity contribution is 7.88. The van der Waals surface area contributed by atoms with Gasteiger partial charge in [-0.05, 0) is 37.5 Å². The molecule has 5 nitrogen and oxygen atoms in total. The molecule has 2 rings (SSSR count). The van der Waals surface area contributed by atoms with Crippen molar-refractivity contribution in [1.82, 2.24) is 4.72 Å². The standard InChI is InChI=1S/C15H19Cl2NO4S/c1-2-22-14(19)15(7-3-4-8-15)18-23(20,21)10-11-5-6-12(16)13(17)9-11/h5-6,9,18H,2-4,7-8,10H2,1H3. The van der Waals surface area contributed by atoms with Crippen molar-refractivity contribution in [2.24, 2.45) is 0 Å². The largest absolute Gasteiger partial charge is 0.465 e. The van der Waals surface area contributed by atoms with Crippen molar-refractivity contribution in [2.45, 2.75) is 43.9 Å². The van der Waals surface area contributed by atoms with Gasteiger partial charge in [-0.25, -0.2) is 8.42 Å². The van der Waals surface area contributed by atoms with E-state index in [9.17, 15) is 13.2 Å². The lowest BCUT2D eigenvalue weighted by molar-refractivity contribution is -0.150. The highest BCUT2D eigenvalue weighted by atomic mass is 35.5. The Balaban J connectivity index is 2.18. The summed E-state index contributed by atoms with van der Waals surface area (Å²) in [7, 11) is -3.72. The Morgan fingerprint density at radius 2 is 1.91 bits per heavy atom. The second-order valence-corrected chi connectivity index (χ2v) is 8.16. The fourth-order valence-electron chi connectivity index (χ4n) is 2.78. The Hall–Kier alpha value is -0.820. The topological polar surface area (TPSA) is 72.5 Å². The average molecular weight is 380 g/mol. The number of sulfonamides is 1. The molecule has 128 valence electrons. The van der Waals surface area contributed by atoms with Crippen LogP contribution in [-0.4, -0.2) is 26.5 Å². The minimum Gasteiger partial charge on any atom is -0.465 e. The Kier molecular flexibility index (Phi) is 5.94. The fourth-order valence-corrected chi connectivity index (χ4v) is 4.67. The van der Waals surface area contributed by atoms with Crippen molar-refractivity contribution in [1.29, 1.82) is 0 Å². The van der Waals surface area contributed by atoms with E-state index in [1.165, 1.54) is 6.07 Å². The van der Waals surface area contributed by atoms with Gasteiger partial charge in [0.15, 0.2) is 0 Å². The monoisotopic (exact) mass is 379 g/mol. The number of rotatable bonds is 6. The molecule has 8 heteroatoms. The first-order chi connectivity index (χ1) is 10.8. The lowest BCUT2D eigenvalue weighted by Gasteiger charge is -2.27. The van der Waals surface area contributed by atoms with Gasteiger partial charge in [0.05, 0.1) is 22.4 Å². The van der Waals surface area contributed by atoms with Gasteiger partial charge in [0.25, 0.3) is 0 Å². The summed E-state index contributed by atoms with van der Waals surface area (Å²) in [5, 5.41) is 0.653. The zero-order valence-corrected chi connectivity index (χ0v) is 15.1. The molecule has 1 saturated carbocycles. The van der Waals surface area contributed by atoms with Crippen LogP contribution in [0.3, 0.4) is 0 Å². The van der Waals surface area contributed by atoms with E-state index in [0.29, 0.717) is 28.5 Å². The van der Waals surface area contributed by atoms with Crippen LogP contribution in [0.1, 0.15) is 38.2 Å². The molecule has 0 amide bonds. The Bertz CT molecular complexity index is 685. The summed E-state index contributed by atoms with van der Waals surface area (Å²) in [5.41, 5.74) is -0.644. The minimum atomic E-state index is -3.72. The van der Waals surface area contributed by atoms with Crippen molar-refractivity contribution in [2.75, 3.05) is 6.61 Å². The number of hydrogen-bond acceptors (Lipinski definition) is 4. The van der Waals surface area contributed by atoms with Crippen LogP contribution >= 0.6 is 23.2 Å². The predicted octanol–water partition coefficient (Wildman–Crippen LogP) is 3.29. The zero-order valence-electron chi connectivity index (χ0n) is 12.8. The summed E-state index contributed by atoms with van der Waals surface area (Å²) < 4.78 is 32.6. The predicted molar refractivity (Wildman–Crippen MR) is 90.1 cm³/mol. The normalized spacial score (nSPS) is 17.2. The van der Waals surface area contributed by atoms with Crippen LogP contribution in [0, 0.1) is 0 Å². The molecule has 0 atom stereocenters. The first-order valence-corrected chi connectivity index (χ1v) is 9.82. The summed E-state index contributed by atoms with van der Waals surface area (Å²) in [6, 6.07) is 4.65. The van der Waals surface area contributed by atoms with Gasteiger partial charge < -0.3 is 4.74 Å². The van der Waals surface area contributed by atoms with Gasteiger partial charge >= 0.3 is 5.97 Å². The third-order valence-corrected chi connectivity index (χ3v) is 5.97. The molecule has 0 bridgehead atoms. The lowest BCUT2D eigenvalue weighted by atomic mass is 10.00. The Labute approximate surface area is 146 Å². The van der Waals surface area contributed by atoms with Crippen LogP contribution in [-0.2, 0) is 25.3 Å². The van der Waals surface area contributed by atoms with E-state index in [1.54, 1.807) is 19.1 Å². The molecule has 0 heterocycles. The highest BCUT2D eigenvalue weighted by Crippen LogP contribution is 2.32. The molecule has 0 aromatic heterocycles. The number of carbonyl (C=O) groups excluding carboxylic acids is 1. The molecule has 1 fully saturated rings. The van der Waals surface area contributed by atoms with E-state index in [2.05, 4.69) is 4.72 Å². The minimum absolute atomic E-state index is 0.217. The van der Waals surface area contributed by atoms with Gasteiger partial charge in [0.2, 0.25) is 10.0 Å². The molecular formula is C15H19Cl2NO4S. The highest BCUT2D eigenvalue weighted by Gasteiger charge is 2.45. The number of hydrogen-bond donors (Lipinski definition) is 1. The molecule has 0 unspecified atom stereocenters. The Morgan fingerprint density at radius 1 is 1.26 bits per heavy atom. The van der Waals surface area contributed by atoms with Crippen LogP contribution in [0.25, 0.3) is 0 Å². The average Bonchev–Trinajstić information content (AvgIpc) is 2.92. The van der Waals surface area contributed by atoms with Gasteiger partial charge in [-0.1, -0.05) is 42.1 Å². The quantitative estimate of drug-likeness (QED) is 0.769. The van der Waals surface area contributed by atoms with Crippen molar-refractivity contribution < 1.29 is 17.9 Å². The summed E-state index contributed by atoms with van der Waals surface area (Å²) in [6.45, 7) is 1.92. The molecule has 0 saturated heterocycles. The van der Waals surface area contributed by atoms with Crippen LogP contribution in [0.4, 0.5) is 0 Å². The maximum Gasteiger partial charge on any atom is 0.327 e. The van der Waals surface area contributed by atoms with E-state index < -0.39 is 21.5 Å². The summed E-state index contributed by atoms with van der Waals surface area (Å²) in [4.78, 5) is 12.2. The fraction of sp³-hybridized carbons (Fsp3) is 0.533. The molecule has 0 aliphatic heterocycles. The number of benzene rings is 1. The third-order valence-electron chi connectivity index (χ3n) is 3.81. The number of esters is 1. The van der Waals surface area contributed by atoms with Crippen molar-refractivity contribution in [3.05, 3.63) is 33.8 Å². The molecule has 1 aromatic rings. The maximum atomic E-state index is 12.5. The summed E-state index contributed by atoms with van der Waals surface area (Å²) in [5.74, 6) is -0.777. The zero-order chi connectivity index (χ0) is 17.1. The van der Waals surface area contributed by atoms with Crippen LogP contribution in [0.15, 0.2) is 18.2 Å². The SMILES string of the molecule is CCOC(=O)C1(NS(=O)(=O)Cc2ccc(Cl)c(Cl)c2)CCCC1. The number of ether oxygens (including phenoxy) is 1. The molecule has 1 aliphatic rings. The molecule has 0 radical (unpaired) electrons. The lowest BCUT2D eigenvalue weighted by Crippen LogP contribution is -2.53. The van der Waals surface area contributed by atoms with E-state index >= 15 is 0 Å². The Morgan fingerprint density at radius 3 is 2.48 bits per heavy atom. The summed E-state index contributed by atoms with van der Waals surface area (Å²) in [6.07, 6.45) is 2.47. The number of nitrogens with one attached hydrogen (secondary N) is 1. The molecule has 1 aromatic carbocycles. The van der Waals surface area contributed by atoms with Gasteiger partial charge in [-0.15, -0.1) is 0 Å². The van der Waals surface area contributed by atoms with E-state index in [1.807, 2.05) is 0 Å². The van der Waals surface area contributed by atoms with Gasteiger partial charge in [0, 0.05) is 0 Å². The first kappa shape index (κ1) is 18.5. The van der Waals surface area contributed by atoms with Crippen molar-refractivity contribution >= 4 is 39.2 Å². The van der Waals surface area contributed by atoms with Gasteiger partial charge in [0.1, 0.15) is 5.54 Å². The van der Waals surface area contributed by atoms with Crippen LogP contribution in [0.5, 0.6) is 0 Å². The molecule has 23 heavy (non-hydrogen) atoms. The maximum absolute atomic E-state index is 12.5. The second-order valence-electron chi connectivity index (χ2n) is 5.62. The van der Waals surface area contributed by atoms with Crippen molar-refractivity contribution in [3.63, 3.8) is 0 Å². The van der Waals surface area contributed by atoms with E-state index in [-0.39, 0.29) is 12.4 Å². The van der Waals surface area contributed by atoms with Gasteiger partial charge in [-0.2, -0.15) is 4.72 Å². The molecule has 1 aliphatic carbocycles. The van der Waals surface area contributed by atoms with E-state index in [0.717, 1.165) is 12.8 Å². The first-order valence-electron chi connectivity index (χ1n) is 7.41. The van der Waals surface area contributed by atoms with Gasteiger partial charge in [-0.3, -0.25) is 4.79 Å². The van der Waals surface area contributed by atoms with Crippen LogP contribution in [0.2, 0.25) is 10.0 Å². The molecular weight excluding hydrogens is 361 g/mol. The van der Waals surface area contributed by atoms with Crippen molar-refractivity contribution in [3.8, 4) is 0 Å². The molecule has 0 spiro atoms. The third kappa shape index (κ3) is 4.59. The van der Waals surface area contributed by atoms with E-state index in [4.69, 9.17) is 27.9 Å². The second kappa shape index (κ2) is 7.38. The number of halogens is 2. The number of carbonyl (C=O) groups is 1. The van der Waals surface area contributed by atoms with Crippen LogP contribution < -0.4 is 4.72 Å².